The molecule has 2 atom stereocenters. The Hall–Kier alpha value is -0.700. The number of methoxy groups -OCH3 is 1. The van der Waals surface area contributed by atoms with Gasteiger partial charge in [-0.2, -0.15) is 0 Å². The van der Waals surface area contributed by atoms with E-state index in [0.29, 0.717) is 6.42 Å². The summed E-state index contributed by atoms with van der Waals surface area (Å²) >= 11 is 2.96. The first-order valence-corrected chi connectivity index (χ1v) is 8.42. The molecule has 112 valence electrons. The van der Waals surface area contributed by atoms with E-state index in [2.05, 4.69) is 20.7 Å². The SMILES string of the molecule is COC1CCCC1NS(=O)(=O)c1cc(N)cc(Br)c1F. The van der Waals surface area contributed by atoms with E-state index in [4.69, 9.17) is 10.5 Å². The first-order chi connectivity index (χ1) is 9.35. The largest absolute Gasteiger partial charge is 0.399 e. The number of benzene rings is 1. The Morgan fingerprint density at radius 2 is 2.15 bits per heavy atom. The summed E-state index contributed by atoms with van der Waals surface area (Å²) in [5, 5.41) is 0. The van der Waals surface area contributed by atoms with Crippen LogP contribution in [-0.4, -0.2) is 27.7 Å². The maximum absolute atomic E-state index is 14.0. The van der Waals surface area contributed by atoms with Gasteiger partial charge in [0.1, 0.15) is 4.90 Å². The van der Waals surface area contributed by atoms with Crippen LogP contribution in [0, 0.1) is 5.82 Å². The van der Waals surface area contributed by atoms with Crippen molar-refractivity contribution in [2.75, 3.05) is 12.8 Å². The number of ether oxygens (including phenoxy) is 1. The van der Waals surface area contributed by atoms with Gasteiger partial charge in [0.25, 0.3) is 0 Å². The van der Waals surface area contributed by atoms with Crippen molar-refractivity contribution in [2.24, 2.45) is 0 Å². The molecule has 0 saturated heterocycles. The lowest BCUT2D eigenvalue weighted by molar-refractivity contribution is 0.0916. The molecule has 0 radical (unpaired) electrons. The van der Waals surface area contributed by atoms with Crippen LogP contribution in [0.15, 0.2) is 21.5 Å². The summed E-state index contributed by atoms with van der Waals surface area (Å²) in [5.74, 6) is -0.848. The van der Waals surface area contributed by atoms with Crippen molar-refractivity contribution in [2.45, 2.75) is 36.3 Å². The molecule has 0 spiro atoms. The van der Waals surface area contributed by atoms with Crippen LogP contribution in [0.5, 0.6) is 0 Å². The van der Waals surface area contributed by atoms with Crippen molar-refractivity contribution in [3.05, 3.63) is 22.4 Å². The molecule has 1 aromatic carbocycles. The lowest BCUT2D eigenvalue weighted by Gasteiger charge is -2.20. The van der Waals surface area contributed by atoms with Gasteiger partial charge in [0, 0.05) is 18.8 Å². The van der Waals surface area contributed by atoms with Gasteiger partial charge in [-0.25, -0.2) is 17.5 Å². The zero-order valence-corrected chi connectivity index (χ0v) is 13.3. The third-order valence-corrected chi connectivity index (χ3v) is 5.43. The van der Waals surface area contributed by atoms with Gasteiger partial charge in [-0.15, -0.1) is 0 Å². The normalized spacial score (nSPS) is 23.1. The van der Waals surface area contributed by atoms with Crippen molar-refractivity contribution in [3.8, 4) is 0 Å². The molecule has 5 nitrogen and oxygen atoms in total. The zero-order chi connectivity index (χ0) is 14.9. The van der Waals surface area contributed by atoms with E-state index in [-0.39, 0.29) is 22.3 Å². The number of sulfonamides is 1. The maximum atomic E-state index is 14.0. The van der Waals surface area contributed by atoms with E-state index in [1.807, 2.05) is 0 Å². The molecule has 0 heterocycles. The molecule has 0 aromatic heterocycles. The van der Waals surface area contributed by atoms with Gasteiger partial charge in [-0.05, 0) is 47.3 Å². The highest BCUT2D eigenvalue weighted by molar-refractivity contribution is 9.10. The predicted molar refractivity (Wildman–Crippen MR) is 77.3 cm³/mol. The van der Waals surface area contributed by atoms with Crippen LogP contribution in [-0.2, 0) is 14.8 Å². The molecular formula is C12H16BrFN2O3S. The Morgan fingerprint density at radius 1 is 1.45 bits per heavy atom. The zero-order valence-electron chi connectivity index (χ0n) is 10.9. The monoisotopic (exact) mass is 366 g/mol. The van der Waals surface area contributed by atoms with Crippen LogP contribution < -0.4 is 10.5 Å². The number of anilines is 1. The lowest BCUT2D eigenvalue weighted by atomic mass is 10.2. The van der Waals surface area contributed by atoms with E-state index in [0.717, 1.165) is 18.9 Å². The van der Waals surface area contributed by atoms with Gasteiger partial charge in [-0.3, -0.25) is 0 Å². The molecule has 2 rings (SSSR count). The average molecular weight is 367 g/mol. The number of nitrogens with one attached hydrogen (secondary N) is 1. The van der Waals surface area contributed by atoms with Crippen LogP contribution in [0.3, 0.4) is 0 Å². The minimum atomic E-state index is -3.98. The highest BCUT2D eigenvalue weighted by Crippen LogP contribution is 2.28. The molecule has 0 bridgehead atoms. The smallest absolute Gasteiger partial charge is 0.243 e. The number of nitrogens with two attached hydrogens (primary N) is 1. The fourth-order valence-corrected chi connectivity index (χ4v) is 4.43. The van der Waals surface area contributed by atoms with Crippen molar-refractivity contribution in [3.63, 3.8) is 0 Å². The Morgan fingerprint density at radius 3 is 2.80 bits per heavy atom. The van der Waals surface area contributed by atoms with Gasteiger partial charge in [-0.1, -0.05) is 0 Å². The number of hydrogen-bond donors (Lipinski definition) is 2. The highest BCUT2D eigenvalue weighted by Gasteiger charge is 2.32. The Labute approximate surface area is 125 Å². The van der Waals surface area contributed by atoms with E-state index in [1.54, 1.807) is 0 Å². The van der Waals surface area contributed by atoms with Gasteiger partial charge in [0.2, 0.25) is 10.0 Å². The maximum Gasteiger partial charge on any atom is 0.243 e. The Balaban J connectivity index is 2.31. The summed E-state index contributed by atoms with van der Waals surface area (Å²) in [5.41, 5.74) is 5.75. The first kappa shape index (κ1) is 15.7. The molecule has 20 heavy (non-hydrogen) atoms. The van der Waals surface area contributed by atoms with Crippen LogP contribution in [0.2, 0.25) is 0 Å². The molecule has 0 amide bonds. The molecule has 3 N–H and O–H groups in total. The number of nitrogen functional groups attached to an aromatic ring is 1. The van der Waals surface area contributed by atoms with E-state index in [9.17, 15) is 12.8 Å². The van der Waals surface area contributed by atoms with Crippen LogP contribution in [0.1, 0.15) is 19.3 Å². The van der Waals surface area contributed by atoms with Crippen LogP contribution in [0.4, 0.5) is 10.1 Å². The summed E-state index contributed by atoms with van der Waals surface area (Å²) in [6, 6.07) is 2.09. The summed E-state index contributed by atoms with van der Waals surface area (Å²) < 4.78 is 46.3. The van der Waals surface area contributed by atoms with Gasteiger partial charge < -0.3 is 10.5 Å². The van der Waals surface area contributed by atoms with Crippen molar-refractivity contribution in [1.82, 2.24) is 4.72 Å². The van der Waals surface area contributed by atoms with Gasteiger partial charge >= 0.3 is 0 Å². The molecule has 1 aromatic rings. The third kappa shape index (κ3) is 3.13. The first-order valence-electron chi connectivity index (χ1n) is 6.15. The third-order valence-electron chi connectivity index (χ3n) is 3.37. The predicted octanol–water partition coefficient (Wildman–Crippen LogP) is 2.02. The highest BCUT2D eigenvalue weighted by atomic mass is 79.9. The second-order valence-electron chi connectivity index (χ2n) is 4.75. The summed E-state index contributed by atoms with van der Waals surface area (Å²) in [7, 11) is -2.44. The van der Waals surface area contributed by atoms with Gasteiger partial charge in [0.15, 0.2) is 5.82 Å². The molecular weight excluding hydrogens is 351 g/mol. The minimum absolute atomic E-state index is 0.0209. The Kier molecular flexibility index (Phi) is 4.68. The van der Waals surface area contributed by atoms with E-state index in [1.165, 1.54) is 13.2 Å². The fourth-order valence-electron chi connectivity index (χ4n) is 2.39. The molecule has 1 fully saturated rings. The van der Waals surface area contributed by atoms with Crippen molar-refractivity contribution in [1.29, 1.82) is 0 Å². The molecule has 2 unspecified atom stereocenters. The summed E-state index contributed by atoms with van der Waals surface area (Å²) in [6.07, 6.45) is 2.14. The van der Waals surface area contributed by atoms with E-state index >= 15 is 0 Å². The molecule has 0 aliphatic heterocycles. The number of rotatable bonds is 4. The topological polar surface area (TPSA) is 81.4 Å². The molecule has 1 saturated carbocycles. The average Bonchev–Trinajstić information content (AvgIpc) is 2.80. The minimum Gasteiger partial charge on any atom is -0.399 e. The number of hydrogen-bond acceptors (Lipinski definition) is 4. The van der Waals surface area contributed by atoms with Crippen molar-refractivity contribution >= 4 is 31.6 Å². The van der Waals surface area contributed by atoms with Crippen LogP contribution >= 0.6 is 15.9 Å². The summed E-state index contributed by atoms with van der Waals surface area (Å²) in [6.45, 7) is 0. The number of halogens is 2. The molecule has 1 aliphatic carbocycles. The quantitative estimate of drug-likeness (QED) is 0.798. The van der Waals surface area contributed by atoms with E-state index < -0.39 is 20.7 Å². The standard InChI is InChI=1S/C12H16BrFN2O3S/c1-19-10-4-2-3-9(10)16-20(17,18)11-6-7(15)5-8(13)12(11)14/h5-6,9-10,16H,2-4,15H2,1H3. The fraction of sp³-hybridized carbons (Fsp3) is 0.500. The second-order valence-corrected chi connectivity index (χ2v) is 7.28. The van der Waals surface area contributed by atoms with Crippen molar-refractivity contribution < 1.29 is 17.5 Å². The lowest BCUT2D eigenvalue weighted by Crippen LogP contribution is -2.40. The second kappa shape index (κ2) is 5.97. The van der Waals surface area contributed by atoms with Gasteiger partial charge in [0.05, 0.1) is 10.6 Å². The molecule has 1 aliphatic rings. The summed E-state index contributed by atoms with van der Waals surface area (Å²) in [4.78, 5) is -0.453. The van der Waals surface area contributed by atoms with Crippen LogP contribution in [0.25, 0.3) is 0 Å². The molecule has 8 heteroatoms. The Bertz CT molecular complexity index is 609.